The Hall–Kier alpha value is -2.45. The molecule has 1 aromatic carbocycles. The van der Waals surface area contributed by atoms with E-state index in [-0.39, 0.29) is 16.9 Å². The number of ether oxygens (including phenoxy) is 1. The number of carbonyl (C=O) groups excluding carboxylic acids is 2. The normalized spacial score (nSPS) is 10.0. The zero-order valence-corrected chi connectivity index (χ0v) is 15.6. The van der Waals surface area contributed by atoms with Crippen molar-refractivity contribution in [1.29, 1.82) is 0 Å². The van der Waals surface area contributed by atoms with Gasteiger partial charge in [-0.15, -0.1) is 11.3 Å². The van der Waals surface area contributed by atoms with Gasteiger partial charge in [-0.2, -0.15) is 0 Å². The predicted molar refractivity (Wildman–Crippen MR) is 105 cm³/mol. The fourth-order valence-corrected chi connectivity index (χ4v) is 2.89. The van der Waals surface area contributed by atoms with Crippen LogP contribution in [0.2, 0.25) is 0 Å². The number of thiocarbonyl (C=S) groups is 1. The maximum absolute atomic E-state index is 12.1. The Balaban J connectivity index is 2.04. The molecule has 0 bridgehead atoms. The molecule has 0 spiro atoms. The Morgan fingerprint density at radius 3 is 2.68 bits per heavy atom. The Kier molecular flexibility index (Phi) is 6.91. The maximum atomic E-state index is 12.1. The number of carbonyl (C=O) groups is 2. The van der Waals surface area contributed by atoms with Crippen LogP contribution < -0.4 is 20.7 Å². The van der Waals surface area contributed by atoms with E-state index < -0.39 is 0 Å². The number of rotatable bonds is 6. The first kappa shape index (κ1) is 18.9. The summed E-state index contributed by atoms with van der Waals surface area (Å²) >= 11 is 6.47. The second kappa shape index (κ2) is 9.14. The summed E-state index contributed by atoms with van der Waals surface area (Å²) in [5.41, 5.74) is 1.19. The van der Waals surface area contributed by atoms with Gasteiger partial charge in [0.25, 0.3) is 5.91 Å². The van der Waals surface area contributed by atoms with Crippen LogP contribution in [0.5, 0.6) is 5.75 Å². The van der Waals surface area contributed by atoms with Gasteiger partial charge < -0.3 is 20.7 Å². The van der Waals surface area contributed by atoms with Crippen molar-refractivity contribution in [2.24, 2.45) is 0 Å². The van der Waals surface area contributed by atoms with Gasteiger partial charge in [-0.1, -0.05) is 13.0 Å². The van der Waals surface area contributed by atoms with Gasteiger partial charge >= 0.3 is 0 Å². The summed E-state index contributed by atoms with van der Waals surface area (Å²) in [6.07, 6.45) is 1.17. The Labute approximate surface area is 155 Å². The molecule has 2 aromatic rings. The van der Waals surface area contributed by atoms with Crippen LogP contribution in [0, 0.1) is 0 Å². The smallest absolute Gasteiger partial charge is 0.265 e. The molecular formula is C17H19N3O3S2. The largest absolute Gasteiger partial charge is 0.494 e. The first-order valence-corrected chi connectivity index (χ1v) is 8.96. The summed E-state index contributed by atoms with van der Waals surface area (Å²) in [7, 11) is 1.52. The summed E-state index contributed by atoms with van der Waals surface area (Å²) in [5.74, 6) is 0.153. The van der Waals surface area contributed by atoms with E-state index in [1.165, 1.54) is 18.4 Å². The number of hydrogen-bond donors (Lipinski definition) is 3. The molecule has 6 nitrogen and oxygen atoms in total. The standard InChI is InChI=1S/C17H19N3O3S2/c1-3-5-15(21)20-17(24)18-11-7-8-12(13(10-11)23-2)19-16(22)14-6-4-9-25-14/h4,6-10H,3,5H2,1-2H3,(H,19,22)(H2,18,20,21,24). The van der Waals surface area contributed by atoms with Gasteiger partial charge in [0.15, 0.2) is 5.11 Å². The van der Waals surface area contributed by atoms with E-state index in [0.29, 0.717) is 28.4 Å². The first-order valence-electron chi connectivity index (χ1n) is 7.67. The first-order chi connectivity index (χ1) is 12.0. The van der Waals surface area contributed by atoms with Crippen LogP contribution in [0.3, 0.4) is 0 Å². The van der Waals surface area contributed by atoms with Crippen molar-refractivity contribution in [3.63, 3.8) is 0 Å². The molecule has 0 unspecified atom stereocenters. The minimum absolute atomic E-state index is 0.133. The molecule has 132 valence electrons. The van der Waals surface area contributed by atoms with Gasteiger partial charge in [-0.25, -0.2) is 0 Å². The molecule has 25 heavy (non-hydrogen) atoms. The number of thiophene rings is 1. The van der Waals surface area contributed by atoms with Crippen LogP contribution in [0.15, 0.2) is 35.7 Å². The second-order valence-corrected chi connectivity index (χ2v) is 6.45. The fourth-order valence-electron chi connectivity index (χ4n) is 2.04. The number of benzene rings is 1. The third kappa shape index (κ3) is 5.54. The second-order valence-electron chi connectivity index (χ2n) is 5.10. The lowest BCUT2D eigenvalue weighted by atomic mass is 10.2. The van der Waals surface area contributed by atoms with E-state index >= 15 is 0 Å². The highest BCUT2D eigenvalue weighted by Crippen LogP contribution is 2.28. The lowest BCUT2D eigenvalue weighted by molar-refractivity contribution is -0.119. The molecule has 2 rings (SSSR count). The minimum Gasteiger partial charge on any atom is -0.494 e. The van der Waals surface area contributed by atoms with E-state index in [2.05, 4.69) is 16.0 Å². The van der Waals surface area contributed by atoms with Crippen LogP contribution in [-0.4, -0.2) is 24.0 Å². The molecule has 1 heterocycles. The van der Waals surface area contributed by atoms with E-state index in [0.717, 1.165) is 6.42 Å². The zero-order chi connectivity index (χ0) is 18.2. The van der Waals surface area contributed by atoms with Crippen LogP contribution in [0.4, 0.5) is 11.4 Å². The summed E-state index contributed by atoms with van der Waals surface area (Å²) in [4.78, 5) is 24.3. The highest BCUT2D eigenvalue weighted by atomic mass is 32.1. The number of nitrogens with one attached hydrogen (secondary N) is 3. The lowest BCUT2D eigenvalue weighted by Crippen LogP contribution is -2.33. The highest BCUT2D eigenvalue weighted by molar-refractivity contribution is 7.80. The molecule has 2 amide bonds. The van der Waals surface area contributed by atoms with Crippen LogP contribution in [-0.2, 0) is 4.79 Å². The van der Waals surface area contributed by atoms with Gasteiger partial charge in [0.05, 0.1) is 17.7 Å². The molecule has 1 aromatic heterocycles. The molecule has 3 N–H and O–H groups in total. The predicted octanol–water partition coefficient (Wildman–Crippen LogP) is 3.62. The highest BCUT2D eigenvalue weighted by Gasteiger charge is 2.12. The van der Waals surface area contributed by atoms with Crippen molar-refractivity contribution in [2.45, 2.75) is 19.8 Å². The molecule has 0 aliphatic heterocycles. The molecule has 8 heteroatoms. The Morgan fingerprint density at radius 2 is 2.04 bits per heavy atom. The summed E-state index contributed by atoms with van der Waals surface area (Å²) in [6.45, 7) is 1.92. The van der Waals surface area contributed by atoms with Crippen molar-refractivity contribution in [1.82, 2.24) is 5.32 Å². The summed E-state index contributed by atoms with van der Waals surface area (Å²) in [5, 5.41) is 10.4. The molecule has 0 saturated carbocycles. The van der Waals surface area contributed by atoms with Crippen LogP contribution in [0.25, 0.3) is 0 Å². The van der Waals surface area contributed by atoms with Crippen molar-refractivity contribution in [3.8, 4) is 5.75 Å². The van der Waals surface area contributed by atoms with Gasteiger partial charge in [0.2, 0.25) is 5.91 Å². The SMILES string of the molecule is CCCC(=O)NC(=S)Nc1ccc(NC(=O)c2cccs2)c(OC)c1. The number of hydrogen-bond acceptors (Lipinski definition) is 5. The average Bonchev–Trinajstić information content (AvgIpc) is 3.10. The third-order valence-corrected chi connectivity index (χ3v) is 4.26. The Morgan fingerprint density at radius 1 is 1.24 bits per heavy atom. The molecule has 0 atom stereocenters. The van der Waals surface area contributed by atoms with Gasteiger partial charge in [-0.05, 0) is 42.2 Å². The van der Waals surface area contributed by atoms with Gasteiger partial charge in [-0.3, -0.25) is 9.59 Å². The molecule has 0 aliphatic rings. The summed E-state index contributed by atoms with van der Waals surface area (Å²) in [6, 6.07) is 8.72. The van der Waals surface area contributed by atoms with Crippen LogP contribution in [0.1, 0.15) is 29.4 Å². The third-order valence-electron chi connectivity index (χ3n) is 3.18. The zero-order valence-electron chi connectivity index (χ0n) is 13.9. The van der Waals surface area contributed by atoms with Gasteiger partial charge in [0.1, 0.15) is 5.75 Å². The average molecular weight is 377 g/mol. The minimum atomic E-state index is -0.198. The van der Waals surface area contributed by atoms with E-state index in [1.54, 1.807) is 24.3 Å². The molecule has 0 aliphatic carbocycles. The fraction of sp³-hybridized carbons (Fsp3) is 0.235. The van der Waals surface area contributed by atoms with E-state index in [9.17, 15) is 9.59 Å². The molecule has 0 fully saturated rings. The molecule has 0 radical (unpaired) electrons. The molecule has 0 saturated heterocycles. The van der Waals surface area contributed by atoms with Crippen molar-refractivity contribution in [3.05, 3.63) is 40.6 Å². The van der Waals surface area contributed by atoms with E-state index in [1.807, 2.05) is 18.4 Å². The molecular weight excluding hydrogens is 358 g/mol. The topological polar surface area (TPSA) is 79.5 Å². The lowest BCUT2D eigenvalue weighted by Gasteiger charge is -2.13. The monoisotopic (exact) mass is 377 g/mol. The maximum Gasteiger partial charge on any atom is 0.265 e. The van der Waals surface area contributed by atoms with Crippen molar-refractivity contribution >= 4 is 51.9 Å². The number of amides is 2. The van der Waals surface area contributed by atoms with Crippen molar-refractivity contribution in [2.75, 3.05) is 17.7 Å². The summed E-state index contributed by atoms with van der Waals surface area (Å²) < 4.78 is 5.32. The van der Waals surface area contributed by atoms with Crippen molar-refractivity contribution < 1.29 is 14.3 Å². The number of methoxy groups -OCH3 is 1. The quantitative estimate of drug-likeness (QED) is 0.670. The Bertz CT molecular complexity index is 761. The number of anilines is 2. The van der Waals surface area contributed by atoms with E-state index in [4.69, 9.17) is 17.0 Å². The van der Waals surface area contributed by atoms with Gasteiger partial charge in [0, 0.05) is 18.2 Å². The van der Waals surface area contributed by atoms with Crippen LogP contribution >= 0.6 is 23.6 Å².